The van der Waals surface area contributed by atoms with Crippen molar-refractivity contribution in [1.29, 1.82) is 0 Å². The number of nitrogens with one attached hydrogen (secondary N) is 1. The van der Waals surface area contributed by atoms with E-state index in [4.69, 9.17) is 9.47 Å². The fourth-order valence-electron chi connectivity index (χ4n) is 4.26. The van der Waals surface area contributed by atoms with Gasteiger partial charge in [-0.3, -0.25) is 9.59 Å². The summed E-state index contributed by atoms with van der Waals surface area (Å²) in [6.45, 7) is 0.554. The van der Waals surface area contributed by atoms with E-state index in [0.29, 0.717) is 19.4 Å². The summed E-state index contributed by atoms with van der Waals surface area (Å²) < 4.78 is 10.7. The molecule has 6 nitrogen and oxygen atoms in total. The maximum absolute atomic E-state index is 12.4. The van der Waals surface area contributed by atoms with Gasteiger partial charge in [0, 0.05) is 31.2 Å². The van der Waals surface area contributed by atoms with Crippen molar-refractivity contribution in [3.8, 4) is 0 Å². The molecule has 130 valence electrons. The fourth-order valence-corrected chi connectivity index (χ4v) is 4.26. The Bertz CT molecular complexity index is 614. The lowest BCUT2D eigenvalue weighted by Crippen LogP contribution is -2.47. The Balaban J connectivity index is 2.00. The van der Waals surface area contributed by atoms with Crippen LogP contribution in [-0.4, -0.2) is 43.9 Å². The number of hydrogen-bond acceptors (Lipinski definition) is 5. The van der Waals surface area contributed by atoms with Crippen LogP contribution >= 0.6 is 0 Å². The number of carboxylic acid groups (broad SMARTS) is 1. The Morgan fingerprint density at radius 1 is 1.25 bits per heavy atom. The van der Waals surface area contributed by atoms with Gasteiger partial charge in [-0.05, 0) is 30.5 Å². The molecule has 0 radical (unpaired) electrons. The fraction of sp³-hybridized carbons (Fsp3) is 0.556. The molecule has 1 aromatic rings. The highest BCUT2D eigenvalue weighted by Gasteiger charge is 2.54. The van der Waals surface area contributed by atoms with Crippen LogP contribution in [0.5, 0.6) is 0 Å². The Kier molecular flexibility index (Phi) is 4.76. The molecule has 0 bridgehead atoms. The Morgan fingerprint density at radius 2 is 1.96 bits per heavy atom. The normalized spacial score (nSPS) is 32.0. The first-order valence-electron chi connectivity index (χ1n) is 8.26. The zero-order valence-corrected chi connectivity index (χ0v) is 13.9. The highest BCUT2D eigenvalue weighted by atomic mass is 16.5. The molecule has 1 saturated carbocycles. The number of anilines is 1. The third-order valence-corrected chi connectivity index (χ3v) is 5.41. The van der Waals surface area contributed by atoms with Crippen molar-refractivity contribution in [2.45, 2.75) is 24.9 Å². The van der Waals surface area contributed by atoms with Gasteiger partial charge in [-0.1, -0.05) is 12.1 Å². The van der Waals surface area contributed by atoms with Gasteiger partial charge >= 0.3 is 11.9 Å². The van der Waals surface area contributed by atoms with Crippen molar-refractivity contribution in [1.82, 2.24) is 0 Å². The third kappa shape index (κ3) is 2.86. The summed E-state index contributed by atoms with van der Waals surface area (Å²) in [5.41, 5.74) is 1.92. The van der Waals surface area contributed by atoms with E-state index in [1.54, 1.807) is 0 Å². The molecule has 0 amide bonds. The molecule has 4 unspecified atom stereocenters. The summed E-state index contributed by atoms with van der Waals surface area (Å²) in [5.74, 6) is -3.19. The van der Waals surface area contributed by atoms with Crippen molar-refractivity contribution >= 4 is 17.6 Å². The van der Waals surface area contributed by atoms with Crippen LogP contribution in [0.2, 0.25) is 0 Å². The van der Waals surface area contributed by atoms with Gasteiger partial charge in [-0.2, -0.15) is 0 Å². The van der Waals surface area contributed by atoms with E-state index in [0.717, 1.165) is 11.3 Å². The van der Waals surface area contributed by atoms with E-state index in [2.05, 4.69) is 5.32 Å². The zero-order chi connectivity index (χ0) is 17.3. The van der Waals surface area contributed by atoms with Crippen LogP contribution in [0.4, 0.5) is 5.69 Å². The number of carboxylic acids is 1. The van der Waals surface area contributed by atoms with Gasteiger partial charge < -0.3 is 19.9 Å². The van der Waals surface area contributed by atoms with Gasteiger partial charge in [-0.15, -0.1) is 0 Å². The highest BCUT2D eigenvalue weighted by molar-refractivity contribution is 5.82. The predicted octanol–water partition coefficient (Wildman–Crippen LogP) is 2.11. The van der Waals surface area contributed by atoms with Crippen LogP contribution in [0.1, 0.15) is 24.3 Å². The lowest BCUT2D eigenvalue weighted by Gasteiger charge is -2.41. The molecule has 2 aliphatic rings. The number of hydrogen-bond donors (Lipinski definition) is 2. The smallest absolute Gasteiger partial charge is 0.310 e. The SMILES string of the molecule is CNc1ccc(C2C[C@@H]3OCCC3C(C(=O)O)C2C(=O)OC)cc1. The first kappa shape index (κ1) is 16.8. The zero-order valence-electron chi connectivity index (χ0n) is 13.9. The summed E-state index contributed by atoms with van der Waals surface area (Å²) in [7, 11) is 3.16. The van der Waals surface area contributed by atoms with Crippen LogP contribution in [0.3, 0.4) is 0 Å². The number of fused-ring (bicyclic) bond motifs is 1. The number of ether oxygens (including phenoxy) is 2. The topological polar surface area (TPSA) is 84.9 Å². The van der Waals surface area contributed by atoms with Crippen molar-refractivity contribution < 1.29 is 24.2 Å². The number of rotatable bonds is 4. The minimum absolute atomic E-state index is 0.110. The van der Waals surface area contributed by atoms with Crippen molar-refractivity contribution in [3.05, 3.63) is 29.8 Å². The molecule has 2 N–H and O–H groups in total. The average Bonchev–Trinajstić information content (AvgIpc) is 3.07. The molecule has 6 heteroatoms. The predicted molar refractivity (Wildman–Crippen MR) is 87.8 cm³/mol. The number of methoxy groups -OCH3 is 1. The minimum atomic E-state index is -0.942. The number of carbonyl (C=O) groups excluding carboxylic acids is 1. The maximum atomic E-state index is 12.4. The Morgan fingerprint density at radius 3 is 2.54 bits per heavy atom. The van der Waals surface area contributed by atoms with E-state index in [-0.39, 0.29) is 17.9 Å². The average molecular weight is 333 g/mol. The number of benzene rings is 1. The second kappa shape index (κ2) is 6.81. The second-order valence-electron chi connectivity index (χ2n) is 6.49. The first-order chi connectivity index (χ1) is 11.6. The van der Waals surface area contributed by atoms with E-state index >= 15 is 0 Å². The Hall–Kier alpha value is -2.08. The first-order valence-corrected chi connectivity index (χ1v) is 8.26. The molecule has 24 heavy (non-hydrogen) atoms. The largest absolute Gasteiger partial charge is 0.481 e. The second-order valence-corrected chi connectivity index (χ2v) is 6.49. The molecule has 3 rings (SSSR count). The van der Waals surface area contributed by atoms with Gasteiger partial charge in [0.25, 0.3) is 0 Å². The van der Waals surface area contributed by atoms with Crippen LogP contribution in [-0.2, 0) is 19.1 Å². The molecule has 0 spiro atoms. The summed E-state index contributed by atoms with van der Waals surface area (Å²) in [4.78, 5) is 24.4. The molecule has 1 aliphatic carbocycles. The van der Waals surface area contributed by atoms with E-state index < -0.39 is 23.8 Å². The summed E-state index contributed by atoms with van der Waals surface area (Å²) in [6.07, 6.45) is 1.22. The van der Waals surface area contributed by atoms with Crippen molar-refractivity contribution in [2.24, 2.45) is 17.8 Å². The maximum Gasteiger partial charge on any atom is 0.310 e. The molecular formula is C18H23NO5. The van der Waals surface area contributed by atoms with E-state index in [1.165, 1.54) is 7.11 Å². The molecule has 5 atom stereocenters. The summed E-state index contributed by atoms with van der Waals surface area (Å²) >= 11 is 0. The standard InChI is InChI=1S/C18H23NO5/c1-19-11-5-3-10(4-6-11)13-9-14-12(7-8-24-14)15(17(20)21)16(13)18(22)23-2/h3-6,12-16,19H,7-9H2,1-2H3,(H,20,21)/t12?,13?,14-,15?,16?/m0/s1. The van der Waals surface area contributed by atoms with Crippen LogP contribution in [0.15, 0.2) is 24.3 Å². The molecule has 1 heterocycles. The van der Waals surface area contributed by atoms with Crippen LogP contribution in [0, 0.1) is 17.8 Å². The molecule has 2 fully saturated rings. The molecular weight excluding hydrogens is 310 g/mol. The summed E-state index contributed by atoms with van der Waals surface area (Å²) in [5, 5.41) is 12.8. The van der Waals surface area contributed by atoms with E-state index in [9.17, 15) is 14.7 Å². The minimum Gasteiger partial charge on any atom is -0.481 e. The molecule has 0 aromatic heterocycles. The van der Waals surface area contributed by atoms with Crippen molar-refractivity contribution in [3.63, 3.8) is 0 Å². The lowest BCUT2D eigenvalue weighted by molar-refractivity contribution is -0.164. The molecule has 1 saturated heterocycles. The lowest BCUT2D eigenvalue weighted by atomic mass is 9.63. The van der Waals surface area contributed by atoms with Crippen LogP contribution < -0.4 is 5.32 Å². The van der Waals surface area contributed by atoms with Crippen LogP contribution in [0.25, 0.3) is 0 Å². The third-order valence-electron chi connectivity index (χ3n) is 5.41. The van der Waals surface area contributed by atoms with Crippen molar-refractivity contribution in [2.75, 3.05) is 26.1 Å². The monoisotopic (exact) mass is 333 g/mol. The van der Waals surface area contributed by atoms with Gasteiger partial charge in [0.05, 0.1) is 25.0 Å². The van der Waals surface area contributed by atoms with Gasteiger partial charge in [0.1, 0.15) is 0 Å². The van der Waals surface area contributed by atoms with Gasteiger partial charge in [-0.25, -0.2) is 0 Å². The summed E-state index contributed by atoms with van der Waals surface area (Å²) in [6, 6.07) is 7.75. The highest BCUT2D eigenvalue weighted by Crippen LogP contribution is 2.49. The number of aliphatic carboxylic acids is 1. The van der Waals surface area contributed by atoms with E-state index in [1.807, 2.05) is 31.3 Å². The number of esters is 1. The quantitative estimate of drug-likeness (QED) is 0.821. The molecule has 1 aliphatic heterocycles. The van der Waals surface area contributed by atoms with Gasteiger partial charge in [0.2, 0.25) is 0 Å². The van der Waals surface area contributed by atoms with Gasteiger partial charge in [0.15, 0.2) is 0 Å². The Labute approximate surface area is 141 Å². The molecule has 1 aromatic carbocycles. The number of carbonyl (C=O) groups is 2.